The van der Waals surface area contributed by atoms with E-state index in [1.54, 1.807) is 0 Å². The Morgan fingerprint density at radius 3 is 3.19 bits per heavy atom. The second kappa shape index (κ2) is 6.28. The predicted molar refractivity (Wildman–Crippen MR) is 68.9 cm³/mol. The van der Waals surface area contributed by atoms with Gasteiger partial charge in [-0.1, -0.05) is 12.1 Å². The Bertz CT molecular complexity index is 323. The van der Waals surface area contributed by atoms with Gasteiger partial charge < -0.3 is 10.1 Å². The van der Waals surface area contributed by atoms with Crippen LogP contribution in [0.3, 0.4) is 0 Å². The highest BCUT2D eigenvalue weighted by Crippen LogP contribution is 2.29. The topological polar surface area (TPSA) is 21.3 Å². The smallest absolute Gasteiger partial charge is 0.0588 e. The molecule has 1 fully saturated rings. The van der Waals surface area contributed by atoms with Crippen molar-refractivity contribution in [3.63, 3.8) is 0 Å². The van der Waals surface area contributed by atoms with Crippen LogP contribution in [0.5, 0.6) is 0 Å². The van der Waals surface area contributed by atoms with Crippen LogP contribution in [-0.2, 0) is 11.3 Å². The number of hydrogen-bond acceptors (Lipinski definition) is 3. The number of thioether (sulfide) groups is 1. The second-order valence-corrected chi connectivity index (χ2v) is 5.51. The summed E-state index contributed by atoms with van der Waals surface area (Å²) in [5, 5.41) is 3.82. The molecule has 1 aliphatic heterocycles. The first-order chi connectivity index (χ1) is 7.88. The average Bonchev–Trinajstić information content (AvgIpc) is 2.31. The van der Waals surface area contributed by atoms with Gasteiger partial charge in [-0.15, -0.1) is 11.8 Å². The number of rotatable bonds is 4. The van der Waals surface area contributed by atoms with Gasteiger partial charge in [-0.2, -0.15) is 0 Å². The summed E-state index contributed by atoms with van der Waals surface area (Å²) < 4.78 is 5.50. The van der Waals surface area contributed by atoms with Gasteiger partial charge in [0, 0.05) is 23.3 Å². The Hall–Kier alpha value is -0.510. The quantitative estimate of drug-likeness (QED) is 0.870. The van der Waals surface area contributed by atoms with Gasteiger partial charge >= 0.3 is 0 Å². The number of ether oxygens (including phenoxy) is 1. The molecule has 88 valence electrons. The molecule has 1 saturated heterocycles. The van der Waals surface area contributed by atoms with Crippen LogP contribution in [0.1, 0.15) is 18.4 Å². The molecule has 1 aromatic carbocycles. The molecule has 1 atom stereocenters. The molecule has 2 rings (SSSR count). The van der Waals surface area contributed by atoms with Crippen LogP contribution in [0.25, 0.3) is 0 Å². The van der Waals surface area contributed by atoms with Crippen molar-refractivity contribution in [2.24, 2.45) is 0 Å². The molecule has 1 heterocycles. The van der Waals surface area contributed by atoms with E-state index >= 15 is 0 Å². The van der Waals surface area contributed by atoms with Crippen molar-refractivity contribution in [3.8, 4) is 0 Å². The van der Waals surface area contributed by atoms with Crippen LogP contribution < -0.4 is 5.32 Å². The van der Waals surface area contributed by atoms with E-state index in [1.165, 1.54) is 23.3 Å². The van der Waals surface area contributed by atoms with Crippen molar-refractivity contribution < 1.29 is 4.74 Å². The third-order valence-electron chi connectivity index (χ3n) is 2.70. The zero-order valence-corrected chi connectivity index (χ0v) is 10.6. The minimum Gasteiger partial charge on any atom is -0.380 e. The average molecular weight is 237 g/mol. The van der Waals surface area contributed by atoms with Crippen LogP contribution in [0.2, 0.25) is 0 Å². The Morgan fingerprint density at radius 2 is 2.44 bits per heavy atom. The maximum atomic E-state index is 5.50. The molecule has 1 aliphatic rings. The van der Waals surface area contributed by atoms with E-state index in [2.05, 4.69) is 29.6 Å². The molecule has 16 heavy (non-hydrogen) atoms. The number of hydrogen-bond donors (Lipinski definition) is 1. The molecular weight excluding hydrogens is 218 g/mol. The van der Waals surface area contributed by atoms with Gasteiger partial charge in [0.25, 0.3) is 0 Å². The summed E-state index contributed by atoms with van der Waals surface area (Å²) in [6.45, 7) is 2.79. The lowest BCUT2D eigenvalue weighted by Crippen LogP contribution is -2.19. The molecule has 0 spiro atoms. The standard InChI is InChI=1S/C13H19NOS/c1-14-9-11-4-2-5-12(8-11)16-13-6-3-7-15-10-13/h2,4-5,8,13-14H,3,6-7,9-10H2,1H3. The third kappa shape index (κ3) is 3.51. The van der Waals surface area contributed by atoms with E-state index in [1.807, 2.05) is 18.8 Å². The van der Waals surface area contributed by atoms with Gasteiger partial charge in [0.15, 0.2) is 0 Å². The van der Waals surface area contributed by atoms with E-state index < -0.39 is 0 Å². The lowest BCUT2D eigenvalue weighted by atomic mass is 10.2. The maximum Gasteiger partial charge on any atom is 0.0588 e. The molecule has 0 saturated carbocycles. The van der Waals surface area contributed by atoms with Crippen LogP contribution in [0, 0.1) is 0 Å². The number of nitrogens with one attached hydrogen (secondary N) is 1. The Morgan fingerprint density at radius 1 is 1.50 bits per heavy atom. The van der Waals surface area contributed by atoms with Crippen molar-refractivity contribution in [1.82, 2.24) is 5.32 Å². The summed E-state index contributed by atoms with van der Waals surface area (Å²) in [5.41, 5.74) is 1.35. The summed E-state index contributed by atoms with van der Waals surface area (Å²) in [6, 6.07) is 8.77. The molecule has 1 unspecified atom stereocenters. The molecule has 3 heteroatoms. The van der Waals surface area contributed by atoms with Gasteiger partial charge in [-0.25, -0.2) is 0 Å². The molecule has 2 nitrogen and oxygen atoms in total. The summed E-state index contributed by atoms with van der Waals surface area (Å²) in [4.78, 5) is 1.36. The van der Waals surface area contributed by atoms with E-state index in [9.17, 15) is 0 Å². The largest absolute Gasteiger partial charge is 0.380 e. The highest BCUT2D eigenvalue weighted by molar-refractivity contribution is 8.00. The Labute approximate surface area is 102 Å². The monoisotopic (exact) mass is 237 g/mol. The van der Waals surface area contributed by atoms with Crippen molar-refractivity contribution >= 4 is 11.8 Å². The van der Waals surface area contributed by atoms with Crippen LogP contribution in [0.4, 0.5) is 0 Å². The molecule has 0 radical (unpaired) electrons. The van der Waals surface area contributed by atoms with Gasteiger partial charge in [-0.05, 0) is 37.6 Å². The van der Waals surface area contributed by atoms with Crippen LogP contribution >= 0.6 is 11.8 Å². The summed E-state index contributed by atoms with van der Waals surface area (Å²) in [7, 11) is 1.98. The normalized spacial score (nSPS) is 20.9. The van der Waals surface area contributed by atoms with E-state index in [-0.39, 0.29) is 0 Å². The molecule has 0 bridgehead atoms. The molecule has 0 aliphatic carbocycles. The minimum absolute atomic E-state index is 0.638. The Balaban J connectivity index is 1.94. The van der Waals surface area contributed by atoms with Gasteiger partial charge in [-0.3, -0.25) is 0 Å². The van der Waals surface area contributed by atoms with Gasteiger partial charge in [0.1, 0.15) is 0 Å². The molecule has 1 N–H and O–H groups in total. The molecule has 0 aromatic heterocycles. The van der Waals surface area contributed by atoms with E-state index in [4.69, 9.17) is 4.74 Å². The zero-order chi connectivity index (χ0) is 11.2. The molecule has 1 aromatic rings. The van der Waals surface area contributed by atoms with Crippen molar-refractivity contribution in [2.75, 3.05) is 20.3 Å². The highest BCUT2D eigenvalue weighted by Gasteiger charge is 2.14. The first kappa shape index (κ1) is 12.0. The summed E-state index contributed by atoms with van der Waals surface area (Å²) in [6.07, 6.45) is 2.48. The van der Waals surface area contributed by atoms with E-state index in [0.717, 1.165) is 19.8 Å². The molecule has 0 amide bonds. The van der Waals surface area contributed by atoms with Gasteiger partial charge in [0.05, 0.1) is 6.61 Å². The predicted octanol–water partition coefficient (Wildman–Crippen LogP) is 2.68. The Kier molecular flexibility index (Phi) is 4.69. The minimum atomic E-state index is 0.638. The van der Waals surface area contributed by atoms with Crippen LogP contribution in [0.15, 0.2) is 29.2 Å². The van der Waals surface area contributed by atoms with E-state index in [0.29, 0.717) is 5.25 Å². The van der Waals surface area contributed by atoms with Crippen LogP contribution in [-0.4, -0.2) is 25.5 Å². The zero-order valence-electron chi connectivity index (χ0n) is 9.74. The fourth-order valence-electron chi connectivity index (χ4n) is 1.93. The highest BCUT2D eigenvalue weighted by atomic mass is 32.2. The SMILES string of the molecule is CNCc1cccc(SC2CCCOC2)c1. The number of benzene rings is 1. The fraction of sp³-hybridized carbons (Fsp3) is 0.538. The van der Waals surface area contributed by atoms with Crippen molar-refractivity contribution in [2.45, 2.75) is 29.5 Å². The second-order valence-electron chi connectivity index (χ2n) is 4.13. The van der Waals surface area contributed by atoms with Crippen molar-refractivity contribution in [1.29, 1.82) is 0 Å². The molecular formula is C13H19NOS. The third-order valence-corrected chi connectivity index (χ3v) is 3.93. The first-order valence-electron chi connectivity index (χ1n) is 5.86. The summed E-state index contributed by atoms with van der Waals surface area (Å²) in [5.74, 6) is 0. The van der Waals surface area contributed by atoms with Gasteiger partial charge in [0.2, 0.25) is 0 Å². The van der Waals surface area contributed by atoms with Crippen molar-refractivity contribution in [3.05, 3.63) is 29.8 Å². The first-order valence-corrected chi connectivity index (χ1v) is 6.74. The lowest BCUT2D eigenvalue weighted by molar-refractivity contribution is 0.101. The fourth-order valence-corrected chi connectivity index (χ4v) is 3.14. The maximum absolute atomic E-state index is 5.50. The lowest BCUT2D eigenvalue weighted by Gasteiger charge is -2.21. The summed E-state index contributed by atoms with van der Waals surface area (Å²) >= 11 is 1.95.